The van der Waals surface area contributed by atoms with Gasteiger partial charge in [0.2, 0.25) is 0 Å². The van der Waals surface area contributed by atoms with Crippen molar-refractivity contribution in [2.75, 3.05) is 21.3 Å². The van der Waals surface area contributed by atoms with Crippen molar-refractivity contribution in [3.8, 4) is 0 Å². The highest BCUT2D eigenvalue weighted by Gasteiger charge is 2.12. The lowest BCUT2D eigenvalue weighted by atomic mass is 10.3. The van der Waals surface area contributed by atoms with Crippen molar-refractivity contribution in [3.63, 3.8) is 0 Å². The first kappa shape index (κ1) is 12.9. The van der Waals surface area contributed by atoms with Crippen LogP contribution in [0.3, 0.4) is 0 Å². The number of ether oxygens (including phenoxy) is 3. The Kier molecular flexibility index (Phi) is 8.40. The molecular weight excluding hydrogens is 168 g/mol. The Morgan fingerprint density at radius 3 is 1.62 bits per heavy atom. The van der Waals surface area contributed by atoms with Crippen LogP contribution in [0.25, 0.3) is 0 Å². The van der Waals surface area contributed by atoms with Crippen LogP contribution >= 0.6 is 0 Å². The standard InChI is InChI=1S/C6H12O.C4H10O2/c1-7-6-4-2-3-5-6;1-4(5-2)6-3/h6H,2-5H2,1H3;4H,1-3H3. The van der Waals surface area contributed by atoms with Gasteiger partial charge in [-0.1, -0.05) is 12.8 Å². The molecule has 0 aromatic carbocycles. The Morgan fingerprint density at radius 1 is 1.00 bits per heavy atom. The fraction of sp³-hybridized carbons (Fsp3) is 1.00. The molecule has 3 heteroatoms. The van der Waals surface area contributed by atoms with Crippen molar-refractivity contribution < 1.29 is 14.2 Å². The van der Waals surface area contributed by atoms with Crippen LogP contribution in [0.4, 0.5) is 0 Å². The average Bonchev–Trinajstić information content (AvgIpc) is 2.70. The Morgan fingerprint density at radius 2 is 1.46 bits per heavy atom. The molecule has 0 saturated heterocycles. The summed E-state index contributed by atoms with van der Waals surface area (Å²) >= 11 is 0. The third kappa shape index (κ3) is 6.99. The molecule has 80 valence electrons. The van der Waals surface area contributed by atoms with Gasteiger partial charge in [-0.3, -0.25) is 0 Å². The van der Waals surface area contributed by atoms with Crippen LogP contribution in [-0.4, -0.2) is 33.7 Å². The summed E-state index contributed by atoms with van der Waals surface area (Å²) in [5.74, 6) is 0. The highest BCUT2D eigenvalue weighted by molar-refractivity contribution is 4.65. The SMILES string of the molecule is COC(C)OC.COC1CCCC1. The molecule has 0 atom stereocenters. The van der Waals surface area contributed by atoms with Crippen molar-refractivity contribution in [2.45, 2.75) is 45.0 Å². The quantitative estimate of drug-likeness (QED) is 0.638. The predicted molar refractivity (Wildman–Crippen MR) is 52.7 cm³/mol. The molecule has 1 aliphatic rings. The van der Waals surface area contributed by atoms with Crippen molar-refractivity contribution in [1.82, 2.24) is 0 Å². The Balaban J connectivity index is 0.000000226. The number of hydrogen-bond acceptors (Lipinski definition) is 3. The van der Waals surface area contributed by atoms with Gasteiger partial charge in [-0.15, -0.1) is 0 Å². The molecule has 13 heavy (non-hydrogen) atoms. The third-order valence-corrected chi connectivity index (χ3v) is 2.30. The molecule has 1 aliphatic carbocycles. The van der Waals surface area contributed by atoms with E-state index in [0.29, 0.717) is 6.10 Å². The second kappa shape index (κ2) is 8.48. The number of hydrogen-bond donors (Lipinski definition) is 0. The first-order valence-corrected chi connectivity index (χ1v) is 4.83. The van der Waals surface area contributed by atoms with Crippen molar-refractivity contribution >= 4 is 0 Å². The van der Waals surface area contributed by atoms with Crippen LogP contribution in [0.1, 0.15) is 32.6 Å². The van der Waals surface area contributed by atoms with Crippen molar-refractivity contribution in [3.05, 3.63) is 0 Å². The molecule has 0 bridgehead atoms. The maximum Gasteiger partial charge on any atom is 0.154 e. The molecular formula is C10H22O3. The van der Waals surface area contributed by atoms with E-state index in [1.54, 1.807) is 21.3 Å². The molecule has 0 aromatic rings. The Hall–Kier alpha value is -0.120. The van der Waals surface area contributed by atoms with Gasteiger partial charge in [0.25, 0.3) is 0 Å². The lowest BCUT2D eigenvalue weighted by Gasteiger charge is -2.03. The second-order valence-corrected chi connectivity index (χ2v) is 3.18. The zero-order valence-corrected chi connectivity index (χ0v) is 9.21. The molecule has 0 amide bonds. The minimum atomic E-state index is -0.0648. The van der Waals surface area contributed by atoms with Gasteiger partial charge in [-0.05, 0) is 19.8 Å². The zero-order chi connectivity index (χ0) is 10.1. The maximum absolute atomic E-state index is 5.11. The smallest absolute Gasteiger partial charge is 0.154 e. The summed E-state index contributed by atoms with van der Waals surface area (Å²) in [7, 11) is 5.01. The molecule has 0 heterocycles. The minimum absolute atomic E-state index is 0.0648. The summed E-state index contributed by atoms with van der Waals surface area (Å²) in [6, 6.07) is 0. The Labute approximate surface area is 81.4 Å². The van der Waals surface area contributed by atoms with Gasteiger partial charge in [0.05, 0.1) is 6.10 Å². The van der Waals surface area contributed by atoms with E-state index in [4.69, 9.17) is 4.74 Å². The summed E-state index contributed by atoms with van der Waals surface area (Å²) in [6.45, 7) is 1.83. The molecule has 0 spiro atoms. The van der Waals surface area contributed by atoms with Gasteiger partial charge in [0, 0.05) is 21.3 Å². The lowest BCUT2D eigenvalue weighted by molar-refractivity contribution is -0.0877. The van der Waals surface area contributed by atoms with E-state index in [1.807, 2.05) is 6.92 Å². The van der Waals surface area contributed by atoms with E-state index in [1.165, 1.54) is 25.7 Å². The van der Waals surface area contributed by atoms with Gasteiger partial charge in [-0.25, -0.2) is 0 Å². The van der Waals surface area contributed by atoms with E-state index < -0.39 is 0 Å². The van der Waals surface area contributed by atoms with Crippen LogP contribution in [-0.2, 0) is 14.2 Å². The third-order valence-electron chi connectivity index (χ3n) is 2.30. The fourth-order valence-electron chi connectivity index (χ4n) is 1.22. The molecule has 1 rings (SSSR count). The molecule has 3 nitrogen and oxygen atoms in total. The van der Waals surface area contributed by atoms with E-state index in [9.17, 15) is 0 Å². The van der Waals surface area contributed by atoms with E-state index >= 15 is 0 Å². The topological polar surface area (TPSA) is 27.7 Å². The normalized spacial score (nSPS) is 17.3. The average molecular weight is 190 g/mol. The van der Waals surface area contributed by atoms with E-state index in [-0.39, 0.29) is 6.29 Å². The van der Waals surface area contributed by atoms with Crippen molar-refractivity contribution in [1.29, 1.82) is 0 Å². The monoisotopic (exact) mass is 190 g/mol. The van der Waals surface area contributed by atoms with E-state index in [0.717, 1.165) is 0 Å². The summed E-state index contributed by atoms with van der Waals surface area (Å²) in [6.07, 6.45) is 5.86. The van der Waals surface area contributed by atoms with Crippen molar-refractivity contribution in [2.24, 2.45) is 0 Å². The second-order valence-electron chi connectivity index (χ2n) is 3.18. The van der Waals surface area contributed by atoms with Crippen LogP contribution in [0.2, 0.25) is 0 Å². The minimum Gasteiger partial charge on any atom is -0.381 e. The molecule has 1 saturated carbocycles. The number of rotatable bonds is 3. The zero-order valence-electron chi connectivity index (χ0n) is 9.21. The summed E-state index contributed by atoms with van der Waals surface area (Å²) in [5, 5.41) is 0. The highest BCUT2D eigenvalue weighted by atomic mass is 16.7. The first-order valence-electron chi connectivity index (χ1n) is 4.83. The van der Waals surface area contributed by atoms with Crippen LogP contribution in [0.5, 0.6) is 0 Å². The van der Waals surface area contributed by atoms with Gasteiger partial charge < -0.3 is 14.2 Å². The van der Waals surface area contributed by atoms with Crippen LogP contribution in [0, 0.1) is 0 Å². The first-order chi connectivity index (χ1) is 6.24. The largest absolute Gasteiger partial charge is 0.381 e. The maximum atomic E-state index is 5.11. The molecule has 0 unspecified atom stereocenters. The van der Waals surface area contributed by atoms with Crippen LogP contribution < -0.4 is 0 Å². The molecule has 0 radical (unpaired) electrons. The molecule has 0 aromatic heterocycles. The van der Waals surface area contributed by atoms with Gasteiger partial charge in [-0.2, -0.15) is 0 Å². The molecule has 1 fully saturated rings. The summed E-state index contributed by atoms with van der Waals surface area (Å²) < 4.78 is 14.5. The van der Waals surface area contributed by atoms with Gasteiger partial charge >= 0.3 is 0 Å². The summed E-state index contributed by atoms with van der Waals surface area (Å²) in [5.41, 5.74) is 0. The Bertz CT molecular complexity index is 96.3. The lowest BCUT2D eigenvalue weighted by Crippen LogP contribution is -2.05. The summed E-state index contributed by atoms with van der Waals surface area (Å²) in [4.78, 5) is 0. The molecule has 0 aliphatic heterocycles. The van der Waals surface area contributed by atoms with Gasteiger partial charge in [0.15, 0.2) is 6.29 Å². The fourth-order valence-corrected chi connectivity index (χ4v) is 1.22. The van der Waals surface area contributed by atoms with Gasteiger partial charge in [0.1, 0.15) is 0 Å². The molecule has 0 N–H and O–H groups in total. The van der Waals surface area contributed by atoms with E-state index in [2.05, 4.69) is 9.47 Å². The highest BCUT2D eigenvalue weighted by Crippen LogP contribution is 2.19. The predicted octanol–water partition coefficient (Wildman–Crippen LogP) is 2.20. The number of methoxy groups -OCH3 is 3. The van der Waals surface area contributed by atoms with Crippen LogP contribution in [0.15, 0.2) is 0 Å².